The fourth-order valence-electron chi connectivity index (χ4n) is 1.96. The Morgan fingerprint density at radius 2 is 2.08 bits per heavy atom. The van der Waals surface area contributed by atoms with E-state index in [0.29, 0.717) is 12.3 Å². The molecule has 1 atom stereocenters. The van der Waals surface area contributed by atoms with Gasteiger partial charge >= 0.3 is 6.03 Å². The lowest BCUT2D eigenvalue weighted by Crippen LogP contribution is -2.47. The summed E-state index contributed by atoms with van der Waals surface area (Å²) in [6, 6.07) is 13.0. The van der Waals surface area contributed by atoms with Crippen LogP contribution >= 0.6 is 0 Å². The van der Waals surface area contributed by atoms with E-state index in [1.165, 1.54) is 5.56 Å². The van der Waals surface area contributed by atoms with Gasteiger partial charge in [0.25, 0.3) is 0 Å². The molecule has 1 aromatic carbocycles. The summed E-state index contributed by atoms with van der Waals surface area (Å²) in [7, 11) is 0. The van der Waals surface area contributed by atoms with E-state index in [0.717, 1.165) is 6.42 Å². The zero-order valence-corrected chi connectivity index (χ0v) is 13.5. The standard InChI is InChI=1S/C17H21N5O2/c1-13(24-11-9-14-6-3-2-4-7-14)20-17(23)22-16(18)21-15-8-5-10-19-12-15/h2-8,10,12-13H,9,11H2,1H3,(H4,18,20,21,22,23). The maximum atomic E-state index is 11.8. The van der Waals surface area contributed by atoms with Crippen molar-refractivity contribution in [2.24, 2.45) is 10.7 Å². The summed E-state index contributed by atoms with van der Waals surface area (Å²) in [6.07, 6.45) is 3.50. The largest absolute Gasteiger partial charge is 0.369 e. The average molecular weight is 327 g/mol. The van der Waals surface area contributed by atoms with Gasteiger partial charge in [0.05, 0.1) is 18.5 Å². The molecule has 0 aliphatic heterocycles. The Hall–Kier alpha value is -2.93. The van der Waals surface area contributed by atoms with E-state index in [1.54, 1.807) is 31.5 Å². The molecule has 4 N–H and O–H groups in total. The van der Waals surface area contributed by atoms with E-state index in [4.69, 9.17) is 10.5 Å². The number of pyridine rings is 1. The van der Waals surface area contributed by atoms with Gasteiger partial charge in [0, 0.05) is 6.20 Å². The predicted octanol–water partition coefficient (Wildman–Crippen LogP) is 1.93. The van der Waals surface area contributed by atoms with E-state index in [2.05, 4.69) is 20.6 Å². The third-order valence-corrected chi connectivity index (χ3v) is 3.07. The highest BCUT2D eigenvalue weighted by Gasteiger charge is 2.08. The number of guanidine groups is 1. The van der Waals surface area contributed by atoms with Crippen LogP contribution in [0.2, 0.25) is 0 Å². The number of ether oxygens (including phenoxy) is 1. The Morgan fingerprint density at radius 1 is 1.29 bits per heavy atom. The lowest BCUT2D eigenvalue weighted by Gasteiger charge is -2.15. The Balaban J connectivity index is 1.70. The number of aromatic nitrogens is 1. The van der Waals surface area contributed by atoms with Gasteiger partial charge in [-0.3, -0.25) is 10.3 Å². The number of nitrogens with zero attached hydrogens (tertiary/aromatic N) is 2. The molecule has 2 aromatic rings. The highest BCUT2D eigenvalue weighted by atomic mass is 16.5. The topological polar surface area (TPSA) is 102 Å². The summed E-state index contributed by atoms with van der Waals surface area (Å²) in [5, 5.41) is 5.07. The van der Waals surface area contributed by atoms with E-state index in [-0.39, 0.29) is 5.96 Å². The first kappa shape index (κ1) is 17.4. The number of aliphatic imine (C=N–C) groups is 1. The number of nitrogens with one attached hydrogen (secondary N) is 2. The molecule has 7 heteroatoms. The van der Waals surface area contributed by atoms with Crippen molar-refractivity contribution in [3.8, 4) is 0 Å². The van der Waals surface area contributed by atoms with Crippen LogP contribution in [0.3, 0.4) is 0 Å². The Bertz CT molecular complexity index is 661. The molecular formula is C17H21N5O2. The van der Waals surface area contributed by atoms with Crippen molar-refractivity contribution in [1.82, 2.24) is 15.6 Å². The van der Waals surface area contributed by atoms with Crippen LogP contribution in [0.5, 0.6) is 0 Å². The number of urea groups is 1. The van der Waals surface area contributed by atoms with Crippen molar-refractivity contribution in [3.63, 3.8) is 0 Å². The van der Waals surface area contributed by atoms with Crippen LogP contribution in [0.15, 0.2) is 59.9 Å². The first-order valence-corrected chi connectivity index (χ1v) is 7.61. The molecule has 1 aromatic heterocycles. The summed E-state index contributed by atoms with van der Waals surface area (Å²) in [5.41, 5.74) is 7.41. The molecule has 1 unspecified atom stereocenters. The summed E-state index contributed by atoms with van der Waals surface area (Å²) < 4.78 is 5.55. The second-order valence-corrected chi connectivity index (χ2v) is 5.06. The van der Waals surface area contributed by atoms with Crippen LogP contribution in [0.1, 0.15) is 12.5 Å². The van der Waals surface area contributed by atoms with Gasteiger partial charge in [-0.2, -0.15) is 0 Å². The van der Waals surface area contributed by atoms with E-state index >= 15 is 0 Å². The summed E-state index contributed by atoms with van der Waals surface area (Å²) in [4.78, 5) is 19.7. The van der Waals surface area contributed by atoms with Gasteiger partial charge in [0.1, 0.15) is 6.23 Å². The maximum Gasteiger partial charge on any atom is 0.323 e. The smallest absolute Gasteiger partial charge is 0.323 e. The molecule has 0 fully saturated rings. The predicted molar refractivity (Wildman–Crippen MR) is 92.7 cm³/mol. The van der Waals surface area contributed by atoms with Crippen LogP contribution in [-0.4, -0.2) is 29.8 Å². The van der Waals surface area contributed by atoms with Crippen molar-refractivity contribution in [3.05, 3.63) is 60.4 Å². The minimum absolute atomic E-state index is 0.0167. The quantitative estimate of drug-likeness (QED) is 0.428. The number of carbonyl (C=O) groups is 1. The molecule has 0 saturated heterocycles. The fourth-order valence-corrected chi connectivity index (χ4v) is 1.96. The first-order valence-electron chi connectivity index (χ1n) is 7.61. The molecule has 0 aliphatic carbocycles. The van der Waals surface area contributed by atoms with E-state index in [9.17, 15) is 4.79 Å². The average Bonchev–Trinajstić information content (AvgIpc) is 2.56. The van der Waals surface area contributed by atoms with Crippen molar-refractivity contribution in [2.75, 3.05) is 6.61 Å². The molecule has 7 nitrogen and oxygen atoms in total. The van der Waals surface area contributed by atoms with Crippen molar-refractivity contribution in [1.29, 1.82) is 0 Å². The molecule has 24 heavy (non-hydrogen) atoms. The lowest BCUT2D eigenvalue weighted by atomic mass is 10.2. The molecule has 1 heterocycles. The van der Waals surface area contributed by atoms with Crippen LogP contribution in [0.25, 0.3) is 0 Å². The molecule has 2 rings (SSSR count). The second-order valence-electron chi connectivity index (χ2n) is 5.06. The van der Waals surface area contributed by atoms with Crippen molar-refractivity contribution < 1.29 is 9.53 Å². The van der Waals surface area contributed by atoms with Gasteiger partial charge in [-0.15, -0.1) is 0 Å². The number of benzene rings is 1. The van der Waals surface area contributed by atoms with Crippen LogP contribution < -0.4 is 16.4 Å². The van der Waals surface area contributed by atoms with Crippen LogP contribution in [0, 0.1) is 0 Å². The Labute approximate surface area is 141 Å². The van der Waals surface area contributed by atoms with Gasteiger partial charge in [-0.05, 0) is 31.0 Å². The maximum absolute atomic E-state index is 11.8. The lowest BCUT2D eigenvalue weighted by molar-refractivity contribution is 0.0525. The number of nitrogens with two attached hydrogens (primary N) is 1. The van der Waals surface area contributed by atoms with Crippen LogP contribution in [0.4, 0.5) is 10.5 Å². The number of hydrogen-bond donors (Lipinski definition) is 3. The van der Waals surface area contributed by atoms with Crippen molar-refractivity contribution >= 4 is 17.7 Å². The van der Waals surface area contributed by atoms with E-state index in [1.807, 2.05) is 30.3 Å². The molecule has 0 bridgehead atoms. The highest BCUT2D eigenvalue weighted by molar-refractivity contribution is 5.96. The number of carbonyl (C=O) groups excluding carboxylic acids is 1. The highest BCUT2D eigenvalue weighted by Crippen LogP contribution is 2.06. The van der Waals surface area contributed by atoms with Gasteiger partial charge in [0.2, 0.25) is 5.96 Å². The molecule has 126 valence electrons. The van der Waals surface area contributed by atoms with Gasteiger partial charge in [0.15, 0.2) is 0 Å². The molecule has 2 amide bonds. The summed E-state index contributed by atoms with van der Waals surface area (Å²) in [5.74, 6) is -0.0167. The number of rotatable bonds is 6. The minimum atomic E-state index is -0.479. The first-order chi connectivity index (χ1) is 11.6. The van der Waals surface area contributed by atoms with Crippen LogP contribution in [-0.2, 0) is 11.2 Å². The molecule has 0 aliphatic rings. The molecule has 0 spiro atoms. The van der Waals surface area contributed by atoms with E-state index < -0.39 is 12.3 Å². The summed E-state index contributed by atoms with van der Waals surface area (Å²) >= 11 is 0. The zero-order chi connectivity index (χ0) is 17.2. The number of amides is 2. The minimum Gasteiger partial charge on any atom is -0.369 e. The molecular weight excluding hydrogens is 306 g/mol. The van der Waals surface area contributed by atoms with Gasteiger partial charge < -0.3 is 15.8 Å². The van der Waals surface area contributed by atoms with Crippen molar-refractivity contribution in [2.45, 2.75) is 19.6 Å². The summed E-state index contributed by atoms with van der Waals surface area (Å²) in [6.45, 7) is 2.25. The SMILES string of the molecule is CC(NC(=O)NC(N)=Nc1cccnc1)OCCc1ccccc1. The number of hydrogen-bond acceptors (Lipinski definition) is 4. The second kappa shape index (κ2) is 9.26. The Morgan fingerprint density at radius 3 is 2.79 bits per heavy atom. The fraction of sp³-hybridized carbons (Fsp3) is 0.235. The Kier molecular flexibility index (Phi) is 6.73. The molecule has 0 saturated carbocycles. The normalized spacial score (nSPS) is 12.5. The third-order valence-electron chi connectivity index (χ3n) is 3.07. The zero-order valence-electron chi connectivity index (χ0n) is 13.5. The third kappa shape index (κ3) is 6.45. The van der Waals surface area contributed by atoms with Gasteiger partial charge in [-0.1, -0.05) is 30.3 Å². The van der Waals surface area contributed by atoms with Gasteiger partial charge in [-0.25, -0.2) is 9.79 Å². The monoisotopic (exact) mass is 327 g/mol. The molecule has 0 radical (unpaired) electrons.